The van der Waals surface area contributed by atoms with Crippen molar-refractivity contribution < 1.29 is 26.7 Å². The second-order valence-corrected chi connectivity index (χ2v) is 6.03. The van der Waals surface area contributed by atoms with Crippen LogP contribution in [0.1, 0.15) is 48.4 Å². The van der Waals surface area contributed by atoms with Gasteiger partial charge in [-0.15, -0.1) is 13.2 Å². The van der Waals surface area contributed by atoms with Crippen molar-refractivity contribution in [3.05, 3.63) is 59.4 Å². The SMILES string of the molecule is CCC(F)(F)c1ncccc1C1CC1c1ccccc1OC(F)(F)F. The summed E-state index contributed by atoms with van der Waals surface area (Å²) < 4.78 is 70.0. The van der Waals surface area contributed by atoms with Gasteiger partial charge in [0.05, 0.1) is 0 Å². The number of nitrogens with zero attached hydrogens (tertiary/aromatic N) is 1. The van der Waals surface area contributed by atoms with E-state index in [-0.39, 0.29) is 29.7 Å². The molecule has 2 atom stereocenters. The molecule has 1 aromatic carbocycles. The summed E-state index contributed by atoms with van der Waals surface area (Å²) in [6.07, 6.45) is -3.39. The van der Waals surface area contributed by atoms with Crippen LogP contribution in [0.15, 0.2) is 42.6 Å². The second-order valence-electron chi connectivity index (χ2n) is 6.03. The second kappa shape index (κ2) is 6.28. The molecule has 1 saturated carbocycles. The smallest absolute Gasteiger partial charge is 0.405 e. The van der Waals surface area contributed by atoms with Crippen molar-refractivity contribution in [2.75, 3.05) is 0 Å². The fourth-order valence-corrected chi connectivity index (χ4v) is 3.08. The summed E-state index contributed by atoms with van der Waals surface area (Å²) in [5.74, 6) is -3.94. The highest BCUT2D eigenvalue weighted by molar-refractivity contribution is 5.45. The number of rotatable bonds is 5. The molecule has 2 nitrogen and oxygen atoms in total. The van der Waals surface area contributed by atoms with Crippen LogP contribution in [0.3, 0.4) is 0 Å². The van der Waals surface area contributed by atoms with Gasteiger partial charge in [0.15, 0.2) is 0 Å². The highest BCUT2D eigenvalue weighted by Gasteiger charge is 2.46. The van der Waals surface area contributed by atoms with Gasteiger partial charge in [-0.2, -0.15) is 8.78 Å². The summed E-state index contributed by atoms with van der Waals surface area (Å²) in [6, 6.07) is 8.98. The number of hydrogen-bond donors (Lipinski definition) is 0. The van der Waals surface area contributed by atoms with E-state index >= 15 is 0 Å². The molecule has 0 radical (unpaired) electrons. The summed E-state index contributed by atoms with van der Waals surface area (Å²) in [7, 11) is 0. The molecule has 134 valence electrons. The first-order chi connectivity index (χ1) is 11.7. The van der Waals surface area contributed by atoms with Crippen LogP contribution in [0.25, 0.3) is 0 Å². The molecule has 2 aromatic rings. The Hall–Kier alpha value is -2.18. The van der Waals surface area contributed by atoms with Crippen LogP contribution in [-0.4, -0.2) is 11.3 Å². The molecule has 1 fully saturated rings. The topological polar surface area (TPSA) is 22.1 Å². The first-order valence-corrected chi connectivity index (χ1v) is 7.91. The van der Waals surface area contributed by atoms with E-state index in [0.29, 0.717) is 17.5 Å². The summed E-state index contributed by atoms with van der Waals surface area (Å²) in [5, 5.41) is 0. The maximum atomic E-state index is 14.1. The predicted octanol–water partition coefficient (Wildman–Crippen LogP) is 5.75. The Morgan fingerprint density at radius 3 is 2.32 bits per heavy atom. The summed E-state index contributed by atoms with van der Waals surface area (Å²) in [5.41, 5.74) is 0.472. The van der Waals surface area contributed by atoms with E-state index in [1.807, 2.05) is 0 Å². The molecule has 0 aliphatic heterocycles. The number of pyridine rings is 1. The number of ether oxygens (including phenoxy) is 1. The third kappa shape index (κ3) is 3.75. The predicted molar refractivity (Wildman–Crippen MR) is 81.6 cm³/mol. The van der Waals surface area contributed by atoms with E-state index in [2.05, 4.69) is 9.72 Å². The molecule has 0 amide bonds. The van der Waals surface area contributed by atoms with Crippen molar-refractivity contribution >= 4 is 0 Å². The van der Waals surface area contributed by atoms with E-state index in [1.54, 1.807) is 24.3 Å². The Morgan fingerprint density at radius 1 is 1.00 bits per heavy atom. The van der Waals surface area contributed by atoms with E-state index in [9.17, 15) is 22.0 Å². The minimum absolute atomic E-state index is 0.282. The average molecular weight is 357 g/mol. The van der Waals surface area contributed by atoms with E-state index in [1.165, 1.54) is 25.3 Å². The van der Waals surface area contributed by atoms with Gasteiger partial charge in [-0.3, -0.25) is 4.98 Å². The molecular weight excluding hydrogens is 341 g/mol. The normalized spacial score (nSPS) is 20.4. The zero-order chi connectivity index (χ0) is 18.2. The lowest BCUT2D eigenvalue weighted by Gasteiger charge is -2.17. The quantitative estimate of drug-likeness (QED) is 0.636. The highest BCUT2D eigenvalue weighted by atomic mass is 19.4. The van der Waals surface area contributed by atoms with Crippen LogP contribution in [0.4, 0.5) is 22.0 Å². The summed E-state index contributed by atoms with van der Waals surface area (Å²) >= 11 is 0. The van der Waals surface area contributed by atoms with Crippen molar-refractivity contribution in [1.82, 2.24) is 4.98 Å². The number of para-hydroxylation sites is 1. The third-order valence-corrected chi connectivity index (χ3v) is 4.36. The van der Waals surface area contributed by atoms with Gasteiger partial charge in [-0.25, -0.2) is 0 Å². The van der Waals surface area contributed by atoms with Crippen molar-refractivity contribution in [2.45, 2.75) is 43.9 Å². The number of hydrogen-bond acceptors (Lipinski definition) is 2. The maximum Gasteiger partial charge on any atom is 0.573 e. The number of aromatic nitrogens is 1. The lowest BCUT2D eigenvalue weighted by molar-refractivity contribution is -0.274. The Labute approximate surface area is 141 Å². The van der Waals surface area contributed by atoms with Crippen molar-refractivity contribution in [1.29, 1.82) is 0 Å². The van der Waals surface area contributed by atoms with E-state index in [4.69, 9.17) is 0 Å². The van der Waals surface area contributed by atoms with Gasteiger partial charge in [-0.05, 0) is 41.5 Å². The van der Waals surface area contributed by atoms with Crippen molar-refractivity contribution in [2.24, 2.45) is 0 Å². The molecular formula is C18H16F5NO. The van der Waals surface area contributed by atoms with Gasteiger partial charge in [0.1, 0.15) is 11.4 Å². The minimum atomic E-state index is -4.80. The fraction of sp³-hybridized carbons (Fsp3) is 0.389. The van der Waals surface area contributed by atoms with Crippen molar-refractivity contribution in [3.8, 4) is 5.75 Å². The molecule has 3 rings (SSSR count). The Bertz CT molecular complexity index is 759. The lowest BCUT2D eigenvalue weighted by Crippen LogP contribution is -2.18. The zero-order valence-electron chi connectivity index (χ0n) is 13.4. The average Bonchev–Trinajstić information content (AvgIpc) is 3.34. The first-order valence-electron chi connectivity index (χ1n) is 7.91. The lowest BCUT2D eigenvalue weighted by atomic mass is 9.99. The molecule has 7 heteroatoms. The molecule has 1 aromatic heterocycles. The number of halogens is 5. The van der Waals surface area contributed by atoms with Gasteiger partial charge < -0.3 is 4.74 Å². The van der Waals surface area contributed by atoms with Gasteiger partial charge in [-0.1, -0.05) is 31.2 Å². The van der Waals surface area contributed by atoms with Gasteiger partial charge in [0, 0.05) is 12.6 Å². The summed E-state index contributed by atoms with van der Waals surface area (Å²) in [4.78, 5) is 3.83. The molecule has 1 aliphatic rings. The van der Waals surface area contributed by atoms with E-state index < -0.39 is 12.3 Å². The molecule has 1 heterocycles. The molecule has 2 unspecified atom stereocenters. The van der Waals surface area contributed by atoms with Crippen LogP contribution in [0.2, 0.25) is 0 Å². The number of alkyl halides is 5. The summed E-state index contributed by atoms with van der Waals surface area (Å²) in [6.45, 7) is 1.37. The van der Waals surface area contributed by atoms with Gasteiger partial charge >= 0.3 is 6.36 Å². The molecule has 25 heavy (non-hydrogen) atoms. The largest absolute Gasteiger partial charge is 0.573 e. The molecule has 0 saturated heterocycles. The highest BCUT2D eigenvalue weighted by Crippen LogP contribution is 2.58. The Balaban J connectivity index is 1.90. The standard InChI is InChI=1S/C18H16F5NO/c1-2-17(19,20)16-12(7-5-9-24-16)14-10-13(14)11-6-3-4-8-15(11)25-18(21,22)23/h3-9,13-14H,2,10H2,1H3. The van der Waals surface area contributed by atoms with Gasteiger partial charge in [0.25, 0.3) is 5.92 Å². The first kappa shape index (κ1) is 17.6. The van der Waals surface area contributed by atoms with Crippen LogP contribution in [0.5, 0.6) is 5.75 Å². The molecule has 0 spiro atoms. The molecule has 1 aliphatic carbocycles. The van der Waals surface area contributed by atoms with Crippen molar-refractivity contribution in [3.63, 3.8) is 0 Å². The maximum absolute atomic E-state index is 14.1. The molecule has 0 bridgehead atoms. The molecule has 0 N–H and O–H groups in total. The van der Waals surface area contributed by atoms with Crippen LogP contribution < -0.4 is 4.74 Å². The Kier molecular flexibility index (Phi) is 4.43. The minimum Gasteiger partial charge on any atom is -0.405 e. The van der Waals surface area contributed by atoms with E-state index in [0.717, 1.165) is 0 Å². The van der Waals surface area contributed by atoms with Crippen LogP contribution in [0, 0.1) is 0 Å². The van der Waals surface area contributed by atoms with Gasteiger partial charge in [0.2, 0.25) is 0 Å². The third-order valence-electron chi connectivity index (χ3n) is 4.36. The number of benzene rings is 1. The fourth-order valence-electron chi connectivity index (χ4n) is 3.08. The van der Waals surface area contributed by atoms with Crippen LogP contribution in [-0.2, 0) is 5.92 Å². The van der Waals surface area contributed by atoms with Crippen LogP contribution >= 0.6 is 0 Å². The monoisotopic (exact) mass is 357 g/mol. The zero-order valence-corrected chi connectivity index (χ0v) is 13.4. The Morgan fingerprint density at radius 2 is 1.64 bits per heavy atom.